The first-order chi connectivity index (χ1) is 8.27. The predicted molar refractivity (Wildman–Crippen MR) is 74.3 cm³/mol. The number of hydrogen-bond acceptors (Lipinski definition) is 2. The van der Waals surface area contributed by atoms with Crippen LogP contribution in [0.15, 0.2) is 0 Å². The molecule has 2 nitrogen and oxygen atoms in total. The quantitative estimate of drug-likeness (QED) is 0.810. The van der Waals surface area contributed by atoms with Gasteiger partial charge in [0.15, 0.2) is 0 Å². The number of likely N-dealkylation sites (tertiary alicyclic amines) is 1. The van der Waals surface area contributed by atoms with Gasteiger partial charge in [-0.1, -0.05) is 25.7 Å². The van der Waals surface area contributed by atoms with E-state index in [1.54, 1.807) is 0 Å². The smallest absolute Gasteiger partial charge is 0.0217 e. The van der Waals surface area contributed by atoms with E-state index in [1.807, 2.05) is 0 Å². The fraction of sp³-hybridized carbons (Fsp3) is 1.00. The number of piperidine rings is 1. The molecule has 0 radical (unpaired) electrons. The normalized spacial score (nSPS) is 30.4. The molecule has 1 aliphatic carbocycles. The SMILES string of the molecule is CC(NCC1CCCCN1C)C1CCCCC1. The average molecular weight is 238 g/mol. The monoisotopic (exact) mass is 238 g/mol. The van der Waals surface area contributed by atoms with Crippen molar-refractivity contribution >= 4 is 0 Å². The first-order valence-corrected chi connectivity index (χ1v) is 7.71. The highest BCUT2D eigenvalue weighted by Gasteiger charge is 2.23. The lowest BCUT2D eigenvalue weighted by Crippen LogP contribution is -2.46. The van der Waals surface area contributed by atoms with Crippen LogP contribution in [0.5, 0.6) is 0 Å². The van der Waals surface area contributed by atoms with Crippen molar-refractivity contribution < 1.29 is 0 Å². The van der Waals surface area contributed by atoms with E-state index in [2.05, 4.69) is 24.2 Å². The van der Waals surface area contributed by atoms with Gasteiger partial charge in [0.05, 0.1) is 0 Å². The van der Waals surface area contributed by atoms with Gasteiger partial charge in [-0.15, -0.1) is 0 Å². The molecule has 2 atom stereocenters. The highest BCUT2D eigenvalue weighted by Crippen LogP contribution is 2.26. The van der Waals surface area contributed by atoms with Crippen LogP contribution in [0.3, 0.4) is 0 Å². The number of rotatable bonds is 4. The van der Waals surface area contributed by atoms with Crippen molar-refractivity contribution in [2.24, 2.45) is 5.92 Å². The standard InChI is InChI=1S/C15H30N2/c1-13(14-8-4-3-5-9-14)16-12-15-10-6-7-11-17(15)2/h13-16H,3-12H2,1-2H3. The Morgan fingerprint density at radius 3 is 2.47 bits per heavy atom. The van der Waals surface area contributed by atoms with Gasteiger partial charge in [-0.25, -0.2) is 0 Å². The molecule has 0 aromatic carbocycles. The van der Waals surface area contributed by atoms with Gasteiger partial charge in [0, 0.05) is 18.6 Å². The first kappa shape index (κ1) is 13.4. The summed E-state index contributed by atoms with van der Waals surface area (Å²) in [4.78, 5) is 2.55. The van der Waals surface area contributed by atoms with Gasteiger partial charge >= 0.3 is 0 Å². The molecule has 2 unspecified atom stereocenters. The van der Waals surface area contributed by atoms with Gasteiger partial charge < -0.3 is 10.2 Å². The van der Waals surface area contributed by atoms with E-state index in [4.69, 9.17) is 0 Å². The lowest BCUT2D eigenvalue weighted by molar-refractivity contribution is 0.170. The maximum atomic E-state index is 3.81. The Kier molecular flexibility index (Phi) is 5.30. The minimum atomic E-state index is 0.727. The summed E-state index contributed by atoms with van der Waals surface area (Å²) >= 11 is 0. The molecule has 1 aliphatic heterocycles. The number of nitrogens with one attached hydrogen (secondary N) is 1. The molecule has 1 saturated heterocycles. The minimum absolute atomic E-state index is 0.727. The lowest BCUT2D eigenvalue weighted by atomic mass is 9.84. The molecule has 1 saturated carbocycles. The van der Waals surface area contributed by atoms with Crippen LogP contribution in [0.2, 0.25) is 0 Å². The highest BCUT2D eigenvalue weighted by molar-refractivity contribution is 4.81. The zero-order chi connectivity index (χ0) is 12.1. The molecule has 2 rings (SSSR count). The second kappa shape index (κ2) is 6.75. The molecule has 0 spiro atoms. The summed E-state index contributed by atoms with van der Waals surface area (Å²) in [5.41, 5.74) is 0. The zero-order valence-electron chi connectivity index (χ0n) is 11.8. The van der Waals surface area contributed by atoms with Gasteiger partial charge in [0.25, 0.3) is 0 Å². The Balaban J connectivity index is 1.69. The van der Waals surface area contributed by atoms with Crippen molar-refractivity contribution in [2.45, 2.75) is 70.4 Å². The van der Waals surface area contributed by atoms with Crippen molar-refractivity contribution in [3.63, 3.8) is 0 Å². The summed E-state index contributed by atoms with van der Waals surface area (Å²) in [6.07, 6.45) is 11.5. The minimum Gasteiger partial charge on any atom is -0.312 e. The fourth-order valence-corrected chi connectivity index (χ4v) is 3.52. The van der Waals surface area contributed by atoms with Crippen LogP contribution in [0, 0.1) is 5.92 Å². The zero-order valence-corrected chi connectivity index (χ0v) is 11.8. The van der Waals surface area contributed by atoms with E-state index in [-0.39, 0.29) is 0 Å². The maximum Gasteiger partial charge on any atom is 0.0217 e. The molecular weight excluding hydrogens is 208 g/mol. The van der Waals surface area contributed by atoms with E-state index in [9.17, 15) is 0 Å². The molecule has 100 valence electrons. The van der Waals surface area contributed by atoms with Gasteiger partial charge in [-0.3, -0.25) is 0 Å². The fourth-order valence-electron chi connectivity index (χ4n) is 3.52. The third-order valence-corrected chi connectivity index (χ3v) is 4.95. The van der Waals surface area contributed by atoms with E-state index < -0.39 is 0 Å². The second-order valence-corrected chi connectivity index (χ2v) is 6.23. The Morgan fingerprint density at radius 2 is 1.76 bits per heavy atom. The Morgan fingerprint density at radius 1 is 1.06 bits per heavy atom. The molecule has 0 amide bonds. The van der Waals surface area contributed by atoms with Crippen molar-refractivity contribution in [1.29, 1.82) is 0 Å². The molecule has 1 heterocycles. The molecular formula is C15H30N2. The first-order valence-electron chi connectivity index (χ1n) is 7.71. The van der Waals surface area contributed by atoms with E-state index in [1.165, 1.54) is 64.5 Å². The van der Waals surface area contributed by atoms with Crippen molar-refractivity contribution in [1.82, 2.24) is 10.2 Å². The van der Waals surface area contributed by atoms with Gasteiger partial charge in [0.2, 0.25) is 0 Å². The molecule has 1 N–H and O–H groups in total. The van der Waals surface area contributed by atoms with E-state index in [0.717, 1.165) is 18.0 Å². The largest absolute Gasteiger partial charge is 0.312 e. The maximum absolute atomic E-state index is 3.81. The Labute approximate surface area is 107 Å². The topological polar surface area (TPSA) is 15.3 Å². The third-order valence-electron chi connectivity index (χ3n) is 4.95. The van der Waals surface area contributed by atoms with Crippen LogP contribution in [0.25, 0.3) is 0 Å². The average Bonchev–Trinajstić information content (AvgIpc) is 2.38. The van der Waals surface area contributed by atoms with Crippen LogP contribution < -0.4 is 5.32 Å². The third kappa shape index (κ3) is 3.96. The number of likely N-dealkylation sites (N-methyl/N-ethyl adjacent to an activating group) is 1. The lowest BCUT2D eigenvalue weighted by Gasteiger charge is -2.35. The molecule has 17 heavy (non-hydrogen) atoms. The Hall–Kier alpha value is -0.0800. The van der Waals surface area contributed by atoms with Crippen LogP contribution in [0.1, 0.15) is 58.3 Å². The van der Waals surface area contributed by atoms with E-state index in [0.29, 0.717) is 0 Å². The molecule has 2 aliphatic rings. The number of hydrogen-bond donors (Lipinski definition) is 1. The van der Waals surface area contributed by atoms with E-state index >= 15 is 0 Å². The van der Waals surface area contributed by atoms with Crippen LogP contribution >= 0.6 is 0 Å². The van der Waals surface area contributed by atoms with Gasteiger partial charge in [-0.2, -0.15) is 0 Å². The molecule has 0 aromatic heterocycles. The van der Waals surface area contributed by atoms with Crippen LogP contribution in [-0.4, -0.2) is 37.1 Å². The van der Waals surface area contributed by atoms with Gasteiger partial charge in [-0.05, 0) is 52.1 Å². The number of nitrogens with zero attached hydrogens (tertiary/aromatic N) is 1. The summed E-state index contributed by atoms with van der Waals surface area (Å²) < 4.78 is 0. The summed E-state index contributed by atoms with van der Waals surface area (Å²) in [7, 11) is 2.29. The predicted octanol–water partition coefficient (Wildman–Crippen LogP) is 3.03. The summed E-state index contributed by atoms with van der Waals surface area (Å²) in [6.45, 7) is 4.90. The Bertz CT molecular complexity index is 211. The summed E-state index contributed by atoms with van der Waals surface area (Å²) in [5.74, 6) is 0.942. The van der Waals surface area contributed by atoms with Gasteiger partial charge in [0.1, 0.15) is 0 Å². The second-order valence-electron chi connectivity index (χ2n) is 6.23. The molecule has 0 bridgehead atoms. The van der Waals surface area contributed by atoms with Crippen LogP contribution in [0.4, 0.5) is 0 Å². The summed E-state index contributed by atoms with van der Waals surface area (Å²) in [5, 5.41) is 3.81. The van der Waals surface area contributed by atoms with Crippen molar-refractivity contribution in [3.05, 3.63) is 0 Å². The molecule has 0 aromatic rings. The summed E-state index contributed by atoms with van der Waals surface area (Å²) in [6, 6.07) is 1.51. The van der Waals surface area contributed by atoms with Crippen LogP contribution in [-0.2, 0) is 0 Å². The highest BCUT2D eigenvalue weighted by atomic mass is 15.2. The van der Waals surface area contributed by atoms with Crippen molar-refractivity contribution in [2.75, 3.05) is 20.1 Å². The van der Waals surface area contributed by atoms with Crippen molar-refractivity contribution in [3.8, 4) is 0 Å². The molecule has 2 fully saturated rings. The molecule has 2 heteroatoms.